The summed E-state index contributed by atoms with van der Waals surface area (Å²) in [5.41, 5.74) is 0. The lowest BCUT2D eigenvalue weighted by Crippen LogP contribution is -2.40. The summed E-state index contributed by atoms with van der Waals surface area (Å²) in [7, 11) is -3.65. The van der Waals surface area contributed by atoms with Crippen LogP contribution in [0, 0.1) is 0 Å². The third-order valence-electron chi connectivity index (χ3n) is 2.57. The molecule has 2 N–H and O–H groups in total. The lowest BCUT2D eigenvalue weighted by molar-refractivity contribution is -0.120. The van der Waals surface area contributed by atoms with Crippen molar-refractivity contribution < 1.29 is 13.2 Å². The van der Waals surface area contributed by atoms with Crippen molar-refractivity contribution in [3.8, 4) is 0 Å². The van der Waals surface area contributed by atoms with Crippen LogP contribution in [0.1, 0.15) is 20.3 Å². The molecule has 0 saturated carbocycles. The van der Waals surface area contributed by atoms with Crippen molar-refractivity contribution in [2.45, 2.75) is 31.2 Å². The van der Waals surface area contributed by atoms with Crippen LogP contribution in [0.2, 0.25) is 0 Å². The molecular weight excluding hydrogens is 332 g/mol. The molecule has 0 fully saturated rings. The molecule has 0 aromatic heterocycles. The Hall–Kier alpha value is -0.920. The summed E-state index contributed by atoms with van der Waals surface area (Å²) in [5, 5.41) is 2.69. The molecule has 0 unspecified atom stereocenters. The zero-order valence-electron chi connectivity index (χ0n) is 10.8. The number of hydrogen-bond acceptors (Lipinski definition) is 3. The summed E-state index contributed by atoms with van der Waals surface area (Å²) < 4.78 is 26.9. The van der Waals surface area contributed by atoms with Crippen molar-refractivity contribution in [1.29, 1.82) is 0 Å². The summed E-state index contributed by atoms with van der Waals surface area (Å²) in [6.45, 7) is 3.54. The molecule has 0 radical (unpaired) electrons. The standard InChI is InChI=1S/C12H17BrN2O3S/c1-3-9(2)15-12(16)8-14-19(17,18)11-6-4-10(13)5-7-11/h4-7,9,14H,3,8H2,1-2H3,(H,15,16)/t9-/m0/s1. The molecule has 1 atom stereocenters. The van der Waals surface area contributed by atoms with E-state index >= 15 is 0 Å². The maximum absolute atomic E-state index is 11.9. The van der Waals surface area contributed by atoms with Crippen molar-refractivity contribution in [1.82, 2.24) is 10.0 Å². The van der Waals surface area contributed by atoms with Gasteiger partial charge in [0.25, 0.3) is 0 Å². The number of halogens is 1. The minimum Gasteiger partial charge on any atom is -0.353 e. The topological polar surface area (TPSA) is 75.3 Å². The Morgan fingerprint density at radius 2 is 1.89 bits per heavy atom. The Kier molecular flexibility index (Phi) is 5.96. The molecule has 0 spiro atoms. The van der Waals surface area contributed by atoms with Gasteiger partial charge in [-0.25, -0.2) is 13.1 Å². The van der Waals surface area contributed by atoms with E-state index in [2.05, 4.69) is 26.0 Å². The van der Waals surface area contributed by atoms with Gasteiger partial charge in [-0.05, 0) is 37.6 Å². The second-order valence-corrected chi connectivity index (χ2v) is 6.84. The predicted molar refractivity (Wildman–Crippen MR) is 77.2 cm³/mol. The van der Waals surface area contributed by atoms with Gasteiger partial charge < -0.3 is 5.32 Å². The number of benzene rings is 1. The van der Waals surface area contributed by atoms with E-state index in [9.17, 15) is 13.2 Å². The largest absolute Gasteiger partial charge is 0.353 e. The van der Waals surface area contributed by atoms with E-state index in [4.69, 9.17) is 0 Å². The summed E-state index contributed by atoms with van der Waals surface area (Å²) >= 11 is 3.23. The highest BCUT2D eigenvalue weighted by Gasteiger charge is 2.15. The van der Waals surface area contributed by atoms with Crippen LogP contribution in [0.15, 0.2) is 33.6 Å². The number of rotatable bonds is 6. The van der Waals surface area contributed by atoms with E-state index in [1.807, 2.05) is 13.8 Å². The quantitative estimate of drug-likeness (QED) is 0.820. The zero-order chi connectivity index (χ0) is 14.5. The van der Waals surface area contributed by atoms with Gasteiger partial charge in [0.05, 0.1) is 11.4 Å². The average Bonchev–Trinajstić information content (AvgIpc) is 2.37. The van der Waals surface area contributed by atoms with Gasteiger partial charge in [0.15, 0.2) is 0 Å². The number of nitrogens with one attached hydrogen (secondary N) is 2. The molecule has 106 valence electrons. The van der Waals surface area contributed by atoms with Crippen molar-refractivity contribution in [2.24, 2.45) is 0 Å². The van der Waals surface area contributed by atoms with Crippen LogP contribution in [0.4, 0.5) is 0 Å². The molecule has 0 aliphatic rings. The van der Waals surface area contributed by atoms with Crippen molar-refractivity contribution in [3.05, 3.63) is 28.7 Å². The number of carbonyl (C=O) groups is 1. The third kappa shape index (κ3) is 5.30. The molecule has 7 heteroatoms. The monoisotopic (exact) mass is 348 g/mol. The fraction of sp³-hybridized carbons (Fsp3) is 0.417. The van der Waals surface area contributed by atoms with E-state index in [1.165, 1.54) is 12.1 Å². The fourth-order valence-corrected chi connectivity index (χ4v) is 2.53. The molecule has 5 nitrogen and oxygen atoms in total. The molecule has 19 heavy (non-hydrogen) atoms. The van der Waals surface area contributed by atoms with Crippen molar-refractivity contribution in [3.63, 3.8) is 0 Å². The van der Waals surface area contributed by atoms with Gasteiger partial charge in [-0.1, -0.05) is 22.9 Å². The molecular formula is C12H17BrN2O3S. The first-order chi connectivity index (χ1) is 8.85. The lowest BCUT2D eigenvalue weighted by atomic mass is 10.2. The maximum atomic E-state index is 11.9. The zero-order valence-corrected chi connectivity index (χ0v) is 13.2. The highest BCUT2D eigenvalue weighted by Crippen LogP contribution is 2.14. The van der Waals surface area contributed by atoms with E-state index in [-0.39, 0.29) is 23.4 Å². The number of carbonyl (C=O) groups excluding carboxylic acids is 1. The Bertz CT molecular complexity index is 528. The highest BCUT2D eigenvalue weighted by atomic mass is 79.9. The summed E-state index contributed by atoms with van der Waals surface area (Å²) in [4.78, 5) is 11.6. The summed E-state index contributed by atoms with van der Waals surface area (Å²) in [6, 6.07) is 6.24. The lowest BCUT2D eigenvalue weighted by Gasteiger charge is -2.12. The first-order valence-electron chi connectivity index (χ1n) is 5.89. The van der Waals surface area contributed by atoms with E-state index in [0.29, 0.717) is 0 Å². The van der Waals surface area contributed by atoms with Gasteiger partial charge in [0.1, 0.15) is 0 Å². The van der Waals surface area contributed by atoms with Gasteiger partial charge in [-0.2, -0.15) is 0 Å². The molecule has 1 amide bonds. The van der Waals surface area contributed by atoms with E-state index in [0.717, 1.165) is 10.9 Å². The Balaban J connectivity index is 2.61. The normalized spacial score (nSPS) is 13.0. The van der Waals surface area contributed by atoms with E-state index in [1.54, 1.807) is 12.1 Å². The number of sulfonamides is 1. The molecule has 0 aliphatic heterocycles. The Labute approximate surface area is 122 Å². The van der Waals surface area contributed by atoms with Crippen LogP contribution in [0.5, 0.6) is 0 Å². The highest BCUT2D eigenvalue weighted by molar-refractivity contribution is 9.10. The second kappa shape index (κ2) is 7.02. The first-order valence-corrected chi connectivity index (χ1v) is 8.17. The van der Waals surface area contributed by atoms with Crippen molar-refractivity contribution >= 4 is 31.9 Å². The fourth-order valence-electron chi connectivity index (χ4n) is 1.29. The molecule has 0 aliphatic carbocycles. The molecule has 1 aromatic carbocycles. The van der Waals surface area contributed by atoms with Crippen LogP contribution < -0.4 is 10.0 Å². The SMILES string of the molecule is CC[C@H](C)NC(=O)CNS(=O)(=O)c1ccc(Br)cc1. The Morgan fingerprint density at radius 1 is 1.32 bits per heavy atom. The Morgan fingerprint density at radius 3 is 2.42 bits per heavy atom. The molecule has 1 aromatic rings. The molecule has 0 saturated heterocycles. The van der Waals surface area contributed by atoms with Crippen LogP contribution in [0.3, 0.4) is 0 Å². The smallest absolute Gasteiger partial charge is 0.241 e. The molecule has 0 bridgehead atoms. The van der Waals surface area contributed by atoms with Gasteiger partial charge in [-0.15, -0.1) is 0 Å². The van der Waals surface area contributed by atoms with Gasteiger partial charge in [0, 0.05) is 10.5 Å². The first kappa shape index (κ1) is 16.1. The van der Waals surface area contributed by atoms with Crippen LogP contribution in [-0.4, -0.2) is 26.9 Å². The minimum atomic E-state index is -3.65. The average molecular weight is 349 g/mol. The number of amides is 1. The predicted octanol–water partition coefficient (Wildman–Crippen LogP) is 1.64. The van der Waals surface area contributed by atoms with E-state index < -0.39 is 10.0 Å². The van der Waals surface area contributed by atoms with Gasteiger partial charge in [-0.3, -0.25) is 4.79 Å². The van der Waals surface area contributed by atoms with Crippen molar-refractivity contribution in [2.75, 3.05) is 6.54 Å². The molecule has 0 heterocycles. The van der Waals surface area contributed by atoms with Gasteiger partial charge >= 0.3 is 0 Å². The minimum absolute atomic E-state index is 0.0321. The third-order valence-corrected chi connectivity index (χ3v) is 4.51. The van der Waals surface area contributed by atoms with Gasteiger partial charge in [0.2, 0.25) is 15.9 Å². The number of hydrogen-bond donors (Lipinski definition) is 2. The van der Waals surface area contributed by atoms with Crippen LogP contribution in [0.25, 0.3) is 0 Å². The maximum Gasteiger partial charge on any atom is 0.241 e. The second-order valence-electron chi connectivity index (χ2n) is 4.16. The summed E-state index contributed by atoms with van der Waals surface area (Å²) in [6.07, 6.45) is 0.797. The van der Waals surface area contributed by atoms with Crippen LogP contribution in [-0.2, 0) is 14.8 Å². The molecule has 1 rings (SSSR count). The summed E-state index contributed by atoms with van der Waals surface area (Å²) in [5.74, 6) is -0.338. The van der Waals surface area contributed by atoms with Crippen LogP contribution >= 0.6 is 15.9 Å².